The molecule has 18 heavy (non-hydrogen) atoms. The molecule has 0 atom stereocenters. The summed E-state index contributed by atoms with van der Waals surface area (Å²) in [4.78, 5) is 11.5. The second-order valence-electron chi connectivity index (χ2n) is 3.64. The average molecular weight is 267 g/mol. The van der Waals surface area contributed by atoms with Gasteiger partial charge >= 0.3 is 6.09 Å². The monoisotopic (exact) mass is 266 g/mol. The predicted molar refractivity (Wildman–Crippen MR) is 66.5 cm³/mol. The van der Waals surface area contributed by atoms with Crippen molar-refractivity contribution in [2.24, 2.45) is 0 Å². The van der Waals surface area contributed by atoms with Crippen LogP contribution >= 0.6 is 11.6 Å². The molecule has 0 aliphatic rings. The fourth-order valence-electron chi connectivity index (χ4n) is 1.31. The van der Waals surface area contributed by atoms with E-state index in [9.17, 15) is 4.79 Å². The molecule has 0 bridgehead atoms. The largest absolute Gasteiger partial charge is 0.443 e. The van der Waals surface area contributed by atoms with Crippen molar-refractivity contribution in [2.75, 3.05) is 5.32 Å². The second-order valence-corrected chi connectivity index (χ2v) is 4.07. The smallest absolute Gasteiger partial charge is 0.412 e. The van der Waals surface area contributed by atoms with E-state index in [0.29, 0.717) is 22.2 Å². The highest BCUT2D eigenvalue weighted by atomic mass is 35.5. The average Bonchev–Trinajstić information content (AvgIpc) is 2.76. The molecule has 5 nitrogen and oxygen atoms in total. The fraction of sp³-hybridized carbons (Fsp3) is 0.167. The Labute approximate surface area is 109 Å². The summed E-state index contributed by atoms with van der Waals surface area (Å²) in [7, 11) is 0. The van der Waals surface area contributed by atoms with Crippen LogP contribution in [0.25, 0.3) is 0 Å². The third kappa shape index (κ3) is 3.49. The first-order chi connectivity index (χ1) is 8.63. The summed E-state index contributed by atoms with van der Waals surface area (Å²) in [6.45, 7) is 1.83. The summed E-state index contributed by atoms with van der Waals surface area (Å²) in [5, 5.41) is 6.88. The topological polar surface area (TPSA) is 64.4 Å². The Bertz CT molecular complexity index is 537. The normalized spacial score (nSPS) is 10.1. The number of hydrogen-bond acceptors (Lipinski definition) is 4. The van der Waals surface area contributed by atoms with Crippen LogP contribution < -0.4 is 5.32 Å². The summed E-state index contributed by atoms with van der Waals surface area (Å²) in [6.07, 6.45) is -0.557. The van der Waals surface area contributed by atoms with Gasteiger partial charge in [-0.2, -0.15) is 0 Å². The summed E-state index contributed by atoms with van der Waals surface area (Å²) in [5.41, 5.74) is 1.18. The molecule has 1 aromatic heterocycles. The zero-order chi connectivity index (χ0) is 13.0. The Morgan fingerprint density at radius 3 is 2.78 bits per heavy atom. The predicted octanol–water partition coefficient (Wildman–Crippen LogP) is 3.39. The van der Waals surface area contributed by atoms with Crippen molar-refractivity contribution in [1.82, 2.24) is 5.16 Å². The third-order valence-corrected chi connectivity index (χ3v) is 2.37. The molecule has 1 N–H and O–H groups in total. The highest BCUT2D eigenvalue weighted by molar-refractivity contribution is 6.30. The summed E-state index contributed by atoms with van der Waals surface area (Å²) in [5.74, 6) is 0.673. The molecular formula is C12H11ClN2O3. The van der Waals surface area contributed by atoms with Crippen molar-refractivity contribution in [3.63, 3.8) is 0 Å². The van der Waals surface area contributed by atoms with Crippen molar-refractivity contribution in [3.05, 3.63) is 46.8 Å². The molecule has 0 aliphatic carbocycles. The van der Waals surface area contributed by atoms with Crippen molar-refractivity contribution in [1.29, 1.82) is 0 Å². The van der Waals surface area contributed by atoms with E-state index >= 15 is 0 Å². The van der Waals surface area contributed by atoms with E-state index in [2.05, 4.69) is 10.5 Å². The molecule has 1 aromatic carbocycles. The Kier molecular flexibility index (Phi) is 3.84. The summed E-state index contributed by atoms with van der Waals surface area (Å²) >= 11 is 5.73. The number of anilines is 1. The third-order valence-electron chi connectivity index (χ3n) is 2.12. The number of nitrogens with one attached hydrogen (secondary N) is 1. The summed E-state index contributed by atoms with van der Waals surface area (Å²) in [6, 6.07) is 8.43. The Hall–Kier alpha value is -2.01. The first kappa shape index (κ1) is 12.4. The quantitative estimate of drug-likeness (QED) is 0.925. The van der Waals surface area contributed by atoms with Gasteiger partial charge in [-0.3, -0.25) is 5.32 Å². The van der Waals surface area contributed by atoms with Crippen LogP contribution in [0.3, 0.4) is 0 Å². The van der Waals surface area contributed by atoms with Crippen LogP contribution in [0.4, 0.5) is 10.5 Å². The lowest BCUT2D eigenvalue weighted by Gasteiger charge is -2.05. The molecule has 94 valence electrons. The van der Waals surface area contributed by atoms with E-state index in [0.717, 1.165) is 0 Å². The number of rotatable bonds is 3. The highest BCUT2D eigenvalue weighted by Crippen LogP contribution is 2.13. The van der Waals surface area contributed by atoms with Gasteiger partial charge in [-0.15, -0.1) is 0 Å². The lowest BCUT2D eigenvalue weighted by molar-refractivity contribution is 0.152. The van der Waals surface area contributed by atoms with E-state index in [1.165, 1.54) is 0 Å². The van der Waals surface area contributed by atoms with Gasteiger partial charge in [0.1, 0.15) is 18.1 Å². The number of aryl methyl sites for hydroxylation is 1. The number of nitrogens with zero attached hydrogens (tertiary/aromatic N) is 1. The number of hydrogen-bond donors (Lipinski definition) is 1. The van der Waals surface area contributed by atoms with Crippen LogP contribution in [-0.4, -0.2) is 11.2 Å². The van der Waals surface area contributed by atoms with Gasteiger partial charge in [-0.1, -0.05) is 16.8 Å². The first-order valence-electron chi connectivity index (χ1n) is 5.25. The van der Waals surface area contributed by atoms with Gasteiger partial charge in [0.2, 0.25) is 0 Å². The molecule has 0 saturated heterocycles. The summed E-state index contributed by atoms with van der Waals surface area (Å²) < 4.78 is 9.82. The molecule has 1 amide bonds. The maximum Gasteiger partial charge on any atom is 0.412 e. The first-order valence-corrected chi connectivity index (χ1v) is 5.63. The highest BCUT2D eigenvalue weighted by Gasteiger charge is 2.06. The SMILES string of the molecule is Cc1cc(COC(=O)Nc2ccc(Cl)cc2)no1. The van der Waals surface area contributed by atoms with Crippen molar-refractivity contribution in [2.45, 2.75) is 13.5 Å². The van der Waals surface area contributed by atoms with Crippen LogP contribution in [0.15, 0.2) is 34.9 Å². The van der Waals surface area contributed by atoms with Crippen molar-refractivity contribution >= 4 is 23.4 Å². The molecule has 2 rings (SSSR count). The molecule has 0 unspecified atom stereocenters. The molecule has 6 heteroatoms. The number of ether oxygens (including phenoxy) is 1. The molecule has 0 spiro atoms. The lowest BCUT2D eigenvalue weighted by atomic mass is 10.3. The number of carbonyl (C=O) groups excluding carboxylic acids is 1. The molecule has 0 aliphatic heterocycles. The Morgan fingerprint density at radius 2 is 2.17 bits per heavy atom. The van der Waals surface area contributed by atoms with Crippen LogP contribution in [0, 0.1) is 6.92 Å². The van der Waals surface area contributed by atoms with Crippen LogP contribution in [0.2, 0.25) is 5.02 Å². The van der Waals surface area contributed by atoms with Gasteiger partial charge in [-0.25, -0.2) is 4.79 Å². The minimum Gasteiger partial charge on any atom is -0.443 e. The van der Waals surface area contributed by atoms with Gasteiger partial charge in [0.05, 0.1) is 0 Å². The van der Waals surface area contributed by atoms with Crippen molar-refractivity contribution < 1.29 is 14.1 Å². The maximum absolute atomic E-state index is 11.5. The maximum atomic E-state index is 11.5. The minimum absolute atomic E-state index is 0.0662. The fourth-order valence-corrected chi connectivity index (χ4v) is 1.44. The van der Waals surface area contributed by atoms with Gasteiger partial charge in [-0.05, 0) is 31.2 Å². The molecule has 0 radical (unpaired) electrons. The Balaban J connectivity index is 1.83. The lowest BCUT2D eigenvalue weighted by Crippen LogP contribution is -2.13. The van der Waals surface area contributed by atoms with Gasteiger partial charge < -0.3 is 9.26 Å². The van der Waals surface area contributed by atoms with Gasteiger partial charge in [0.25, 0.3) is 0 Å². The van der Waals surface area contributed by atoms with Crippen molar-refractivity contribution in [3.8, 4) is 0 Å². The number of halogens is 1. The zero-order valence-electron chi connectivity index (χ0n) is 9.64. The van der Waals surface area contributed by atoms with Gasteiger partial charge in [0, 0.05) is 16.8 Å². The molecule has 0 fully saturated rings. The Morgan fingerprint density at radius 1 is 1.44 bits per heavy atom. The number of amides is 1. The van der Waals surface area contributed by atoms with E-state index in [4.69, 9.17) is 20.9 Å². The molecule has 0 saturated carbocycles. The zero-order valence-corrected chi connectivity index (χ0v) is 10.4. The van der Waals surface area contributed by atoms with E-state index in [-0.39, 0.29) is 6.61 Å². The minimum atomic E-state index is -0.557. The van der Waals surface area contributed by atoms with Gasteiger partial charge in [0.15, 0.2) is 0 Å². The molecule has 2 aromatic rings. The van der Waals surface area contributed by atoms with E-state index < -0.39 is 6.09 Å². The number of aromatic nitrogens is 1. The van der Waals surface area contributed by atoms with Crippen LogP contribution in [0.1, 0.15) is 11.5 Å². The van der Waals surface area contributed by atoms with Crippen LogP contribution in [-0.2, 0) is 11.3 Å². The van der Waals surface area contributed by atoms with E-state index in [1.807, 2.05) is 0 Å². The standard InChI is InChI=1S/C12H11ClN2O3/c1-8-6-11(15-18-8)7-17-12(16)14-10-4-2-9(13)3-5-10/h2-6H,7H2,1H3,(H,14,16). The molecular weight excluding hydrogens is 256 g/mol. The number of carbonyl (C=O) groups is 1. The second kappa shape index (κ2) is 5.55. The van der Waals surface area contributed by atoms with Crippen LogP contribution in [0.5, 0.6) is 0 Å². The van der Waals surface area contributed by atoms with E-state index in [1.54, 1.807) is 37.3 Å². The molecule has 1 heterocycles. The number of benzene rings is 1.